The van der Waals surface area contributed by atoms with Crippen LogP contribution >= 0.6 is 0 Å². The van der Waals surface area contributed by atoms with Crippen LogP contribution in [0.3, 0.4) is 0 Å². The number of nitrogens with zero attached hydrogens (tertiary/aromatic N) is 4. The minimum Gasteiger partial charge on any atom is -0.360 e. The summed E-state index contributed by atoms with van der Waals surface area (Å²) in [5, 5.41) is 6.51. The standard InChI is InChI=1S/C22H27N5O5S/c1-14-20(16(3)32-24-14)33(30,31)26-12-8-9-17(13-26)21(28)23-19-15(2)25(4)27(22(19)29)18-10-6-5-7-11-18/h5-7,10-11,17H,8-9,12-13H2,1-4H3,(H,23,28)/t17-/m1/s1. The number of carbonyl (C=O) groups is 1. The first-order chi connectivity index (χ1) is 15.6. The van der Waals surface area contributed by atoms with Crippen molar-refractivity contribution in [2.45, 2.75) is 38.5 Å². The summed E-state index contributed by atoms with van der Waals surface area (Å²) in [4.78, 5) is 26.2. The van der Waals surface area contributed by atoms with E-state index < -0.39 is 15.9 Å². The van der Waals surface area contributed by atoms with Crippen molar-refractivity contribution in [2.24, 2.45) is 13.0 Å². The van der Waals surface area contributed by atoms with Crippen molar-refractivity contribution < 1.29 is 17.7 Å². The van der Waals surface area contributed by atoms with Crippen LogP contribution in [0.15, 0.2) is 44.5 Å². The van der Waals surface area contributed by atoms with E-state index in [1.807, 2.05) is 30.3 Å². The number of aromatic nitrogens is 3. The highest BCUT2D eigenvalue weighted by Gasteiger charge is 2.37. The first-order valence-electron chi connectivity index (χ1n) is 10.7. The van der Waals surface area contributed by atoms with Gasteiger partial charge in [-0.25, -0.2) is 13.1 Å². The zero-order chi connectivity index (χ0) is 23.9. The molecular weight excluding hydrogens is 446 g/mol. The summed E-state index contributed by atoms with van der Waals surface area (Å²) in [7, 11) is -2.10. The second kappa shape index (κ2) is 8.64. The Labute approximate surface area is 191 Å². The predicted octanol–water partition coefficient (Wildman–Crippen LogP) is 2.13. The van der Waals surface area contributed by atoms with Gasteiger partial charge in [0, 0.05) is 20.1 Å². The lowest BCUT2D eigenvalue weighted by atomic mass is 9.99. The van der Waals surface area contributed by atoms with Crippen LogP contribution in [0.1, 0.15) is 30.0 Å². The van der Waals surface area contributed by atoms with Crippen molar-refractivity contribution >= 4 is 21.6 Å². The Morgan fingerprint density at radius 1 is 1.18 bits per heavy atom. The minimum atomic E-state index is -3.85. The molecule has 3 aromatic rings. The normalized spacial score (nSPS) is 17.3. The van der Waals surface area contributed by atoms with Gasteiger partial charge in [-0.05, 0) is 45.7 Å². The zero-order valence-corrected chi connectivity index (χ0v) is 19.8. The topological polar surface area (TPSA) is 119 Å². The number of hydrogen-bond donors (Lipinski definition) is 1. The molecular formula is C22H27N5O5S. The van der Waals surface area contributed by atoms with Gasteiger partial charge in [0.1, 0.15) is 16.3 Å². The van der Waals surface area contributed by atoms with Gasteiger partial charge in [0.05, 0.1) is 17.3 Å². The lowest BCUT2D eigenvalue weighted by Crippen LogP contribution is -2.44. The van der Waals surface area contributed by atoms with Gasteiger partial charge in [-0.15, -0.1) is 0 Å². The van der Waals surface area contributed by atoms with Gasteiger partial charge in [-0.3, -0.25) is 14.3 Å². The van der Waals surface area contributed by atoms with Gasteiger partial charge in [0.15, 0.2) is 5.76 Å². The third kappa shape index (κ3) is 4.02. The van der Waals surface area contributed by atoms with Crippen molar-refractivity contribution in [3.05, 3.63) is 57.8 Å². The first-order valence-corrected chi connectivity index (χ1v) is 12.1. The molecule has 11 heteroatoms. The van der Waals surface area contributed by atoms with Gasteiger partial charge in [-0.2, -0.15) is 4.31 Å². The Balaban J connectivity index is 1.57. The molecule has 1 N–H and O–H groups in total. The highest BCUT2D eigenvalue weighted by molar-refractivity contribution is 7.89. The molecule has 1 saturated heterocycles. The summed E-state index contributed by atoms with van der Waals surface area (Å²) < 4.78 is 35.8. The molecule has 4 rings (SSSR count). The fourth-order valence-electron chi connectivity index (χ4n) is 4.28. The largest absolute Gasteiger partial charge is 0.360 e. The number of benzene rings is 1. The molecule has 1 aromatic carbocycles. The third-order valence-electron chi connectivity index (χ3n) is 6.12. The van der Waals surface area contributed by atoms with E-state index in [0.29, 0.717) is 36.5 Å². The number of para-hydroxylation sites is 1. The number of sulfonamides is 1. The molecule has 0 radical (unpaired) electrons. The minimum absolute atomic E-state index is 0.0248. The van der Waals surface area contributed by atoms with E-state index >= 15 is 0 Å². The molecule has 0 bridgehead atoms. The van der Waals surface area contributed by atoms with Crippen LogP contribution in [-0.2, 0) is 21.9 Å². The molecule has 33 heavy (non-hydrogen) atoms. The van der Waals surface area contributed by atoms with Crippen LogP contribution in [0, 0.1) is 26.7 Å². The molecule has 10 nitrogen and oxygen atoms in total. The van der Waals surface area contributed by atoms with Gasteiger partial charge < -0.3 is 9.84 Å². The molecule has 2 aromatic heterocycles. The van der Waals surface area contributed by atoms with Crippen molar-refractivity contribution in [3.63, 3.8) is 0 Å². The maximum absolute atomic E-state index is 13.2. The van der Waals surface area contributed by atoms with Gasteiger partial charge in [0.2, 0.25) is 15.9 Å². The molecule has 3 heterocycles. The Kier molecular flexibility index (Phi) is 6.02. The molecule has 0 aliphatic carbocycles. The van der Waals surface area contributed by atoms with Gasteiger partial charge in [-0.1, -0.05) is 23.4 Å². The van der Waals surface area contributed by atoms with Crippen LogP contribution in [0.2, 0.25) is 0 Å². The molecule has 1 atom stereocenters. The monoisotopic (exact) mass is 473 g/mol. The molecule has 1 amide bonds. The Morgan fingerprint density at radius 2 is 1.88 bits per heavy atom. The number of piperidine rings is 1. The van der Waals surface area contributed by atoms with Crippen LogP contribution in [-0.4, -0.2) is 46.2 Å². The van der Waals surface area contributed by atoms with Crippen molar-refractivity contribution in [1.82, 2.24) is 18.8 Å². The molecule has 0 spiro atoms. The molecule has 0 unspecified atom stereocenters. The summed E-state index contributed by atoms with van der Waals surface area (Å²) in [6.07, 6.45) is 1.06. The first kappa shape index (κ1) is 23.0. The second-order valence-corrected chi connectivity index (χ2v) is 10.2. The zero-order valence-electron chi connectivity index (χ0n) is 19.0. The maximum atomic E-state index is 13.2. The fraction of sp³-hybridized carbons (Fsp3) is 0.409. The van der Waals surface area contributed by atoms with E-state index in [-0.39, 0.29) is 34.4 Å². The number of anilines is 1. The Bertz CT molecular complexity index is 1330. The third-order valence-corrected chi connectivity index (χ3v) is 8.23. The van der Waals surface area contributed by atoms with E-state index in [1.54, 1.807) is 32.5 Å². The van der Waals surface area contributed by atoms with Crippen LogP contribution in [0.25, 0.3) is 5.69 Å². The summed E-state index contributed by atoms with van der Waals surface area (Å²) in [6.45, 7) is 5.22. The highest BCUT2D eigenvalue weighted by Crippen LogP contribution is 2.28. The lowest BCUT2D eigenvalue weighted by Gasteiger charge is -2.31. The van der Waals surface area contributed by atoms with E-state index in [1.165, 1.54) is 8.99 Å². The smallest absolute Gasteiger partial charge is 0.295 e. The Morgan fingerprint density at radius 3 is 2.52 bits per heavy atom. The Hall–Kier alpha value is -3.18. The molecule has 0 saturated carbocycles. The number of rotatable bonds is 5. The van der Waals surface area contributed by atoms with Crippen molar-refractivity contribution in [3.8, 4) is 5.69 Å². The van der Waals surface area contributed by atoms with E-state index in [0.717, 1.165) is 0 Å². The number of carbonyl (C=O) groups excluding carboxylic acids is 1. The molecule has 1 aliphatic heterocycles. The highest BCUT2D eigenvalue weighted by atomic mass is 32.2. The fourth-order valence-corrected chi connectivity index (χ4v) is 6.10. The summed E-state index contributed by atoms with van der Waals surface area (Å²) in [5.74, 6) is -0.738. The van der Waals surface area contributed by atoms with Crippen LogP contribution in [0.4, 0.5) is 5.69 Å². The average Bonchev–Trinajstić information content (AvgIpc) is 3.25. The molecule has 176 valence electrons. The lowest BCUT2D eigenvalue weighted by molar-refractivity contribution is -0.120. The van der Waals surface area contributed by atoms with Gasteiger partial charge in [0.25, 0.3) is 5.56 Å². The quantitative estimate of drug-likeness (QED) is 0.606. The predicted molar refractivity (Wildman–Crippen MR) is 122 cm³/mol. The van der Waals surface area contributed by atoms with Crippen LogP contribution in [0.5, 0.6) is 0 Å². The van der Waals surface area contributed by atoms with E-state index in [2.05, 4.69) is 10.5 Å². The summed E-state index contributed by atoms with van der Waals surface area (Å²) >= 11 is 0. The maximum Gasteiger partial charge on any atom is 0.295 e. The van der Waals surface area contributed by atoms with Crippen molar-refractivity contribution in [1.29, 1.82) is 0 Å². The SMILES string of the molecule is Cc1noc(C)c1S(=O)(=O)N1CCC[C@@H](C(=O)Nc2c(C)n(C)n(-c3ccccc3)c2=O)C1. The molecule has 1 fully saturated rings. The second-order valence-electron chi connectivity index (χ2n) is 8.28. The summed E-state index contributed by atoms with van der Waals surface area (Å²) in [6, 6.07) is 9.14. The van der Waals surface area contributed by atoms with Crippen molar-refractivity contribution in [2.75, 3.05) is 18.4 Å². The molecule has 1 aliphatic rings. The van der Waals surface area contributed by atoms with Gasteiger partial charge >= 0.3 is 0 Å². The summed E-state index contributed by atoms with van der Waals surface area (Å²) in [5.41, 5.74) is 1.43. The van der Waals surface area contributed by atoms with E-state index in [4.69, 9.17) is 4.52 Å². The average molecular weight is 474 g/mol. The number of nitrogens with one attached hydrogen (secondary N) is 1. The number of hydrogen-bond acceptors (Lipinski definition) is 6. The van der Waals surface area contributed by atoms with Crippen LogP contribution < -0.4 is 10.9 Å². The number of aryl methyl sites for hydroxylation is 2. The number of amides is 1. The van der Waals surface area contributed by atoms with E-state index in [9.17, 15) is 18.0 Å².